The number of piperidine rings is 1. The molecule has 21 heavy (non-hydrogen) atoms. The maximum atomic E-state index is 12.5. The van der Waals surface area contributed by atoms with Gasteiger partial charge < -0.3 is 4.74 Å². The molecule has 1 fully saturated rings. The molecule has 1 saturated heterocycles. The van der Waals surface area contributed by atoms with Crippen molar-refractivity contribution in [1.82, 2.24) is 14.7 Å². The molecule has 0 aliphatic carbocycles. The van der Waals surface area contributed by atoms with Crippen LogP contribution < -0.4 is 0 Å². The number of carbonyl (C=O) groups is 1. The molecule has 1 aliphatic heterocycles. The molecule has 0 bridgehead atoms. The van der Waals surface area contributed by atoms with Crippen LogP contribution in [0.1, 0.15) is 40.0 Å². The van der Waals surface area contributed by atoms with Crippen LogP contribution in [0.4, 0.5) is 0 Å². The van der Waals surface area contributed by atoms with Crippen LogP contribution in [0.15, 0.2) is 18.5 Å². The highest BCUT2D eigenvalue weighted by Crippen LogP contribution is 2.19. The van der Waals surface area contributed by atoms with Gasteiger partial charge in [0, 0.05) is 12.4 Å². The van der Waals surface area contributed by atoms with Gasteiger partial charge in [-0.25, -0.2) is 0 Å². The topological polar surface area (TPSA) is 47.4 Å². The van der Waals surface area contributed by atoms with E-state index in [0.717, 1.165) is 13.1 Å². The number of esters is 1. The molecule has 0 radical (unpaired) electrons. The van der Waals surface area contributed by atoms with Gasteiger partial charge in [-0.3, -0.25) is 14.4 Å². The first-order valence-electron chi connectivity index (χ1n) is 8.00. The Bertz CT molecular complexity index is 425. The van der Waals surface area contributed by atoms with Gasteiger partial charge in [0.25, 0.3) is 0 Å². The highest BCUT2D eigenvalue weighted by Gasteiger charge is 2.32. The van der Waals surface area contributed by atoms with Gasteiger partial charge in [0.05, 0.1) is 6.54 Å². The summed E-state index contributed by atoms with van der Waals surface area (Å²) in [4.78, 5) is 14.8. The fourth-order valence-corrected chi connectivity index (χ4v) is 3.02. The minimum atomic E-state index is -0.163. The number of nitrogens with zero attached hydrogens (tertiary/aromatic N) is 3. The summed E-state index contributed by atoms with van der Waals surface area (Å²) in [6, 6.07) is 1.75. The Hall–Kier alpha value is -1.36. The van der Waals surface area contributed by atoms with E-state index in [2.05, 4.69) is 23.8 Å². The van der Waals surface area contributed by atoms with Crippen LogP contribution in [0, 0.1) is 5.92 Å². The van der Waals surface area contributed by atoms with E-state index in [9.17, 15) is 4.79 Å². The van der Waals surface area contributed by atoms with Crippen molar-refractivity contribution in [3.05, 3.63) is 18.5 Å². The summed E-state index contributed by atoms with van der Waals surface area (Å²) in [7, 11) is 0. The molecule has 0 aromatic carbocycles. The Balaban J connectivity index is 1.91. The molecule has 2 rings (SSSR count). The molecule has 1 aliphatic rings. The van der Waals surface area contributed by atoms with Crippen molar-refractivity contribution in [2.24, 2.45) is 5.92 Å². The zero-order chi connectivity index (χ0) is 15.2. The van der Waals surface area contributed by atoms with Gasteiger partial charge >= 0.3 is 5.97 Å². The number of ether oxygens (including phenoxy) is 1. The number of hydrogen-bond acceptors (Lipinski definition) is 4. The Labute approximate surface area is 127 Å². The fourth-order valence-electron chi connectivity index (χ4n) is 3.02. The van der Waals surface area contributed by atoms with Crippen molar-refractivity contribution in [2.45, 2.75) is 58.7 Å². The predicted octanol–water partition coefficient (Wildman–Crippen LogP) is 2.33. The second-order valence-corrected chi connectivity index (χ2v) is 6.26. The van der Waals surface area contributed by atoms with Crippen molar-refractivity contribution in [3.8, 4) is 0 Å². The molecule has 2 heterocycles. The lowest BCUT2D eigenvalue weighted by atomic mass is 9.99. The van der Waals surface area contributed by atoms with E-state index in [1.807, 2.05) is 19.2 Å². The first kappa shape index (κ1) is 16.0. The lowest BCUT2D eigenvalue weighted by molar-refractivity contribution is -0.157. The monoisotopic (exact) mass is 293 g/mol. The zero-order valence-electron chi connectivity index (χ0n) is 13.4. The maximum Gasteiger partial charge on any atom is 0.323 e. The molecule has 0 spiro atoms. The fraction of sp³-hybridized carbons (Fsp3) is 0.750. The highest BCUT2D eigenvalue weighted by atomic mass is 16.5. The summed E-state index contributed by atoms with van der Waals surface area (Å²) in [5.74, 6) is 0.180. The summed E-state index contributed by atoms with van der Waals surface area (Å²) in [6.45, 7) is 8.73. The van der Waals surface area contributed by atoms with Crippen molar-refractivity contribution in [3.63, 3.8) is 0 Å². The molecule has 0 saturated carbocycles. The van der Waals surface area contributed by atoms with Crippen molar-refractivity contribution in [2.75, 3.05) is 13.1 Å². The molecule has 0 unspecified atom stereocenters. The number of carbonyl (C=O) groups excluding carboxylic acids is 1. The van der Waals surface area contributed by atoms with Gasteiger partial charge in [0.15, 0.2) is 0 Å². The molecule has 2 atom stereocenters. The van der Waals surface area contributed by atoms with E-state index >= 15 is 0 Å². The van der Waals surface area contributed by atoms with Gasteiger partial charge in [0.2, 0.25) is 0 Å². The normalized spacial score (nSPS) is 19.4. The standard InChI is InChI=1S/C16H27N3O2/c1-13(2)15(18-9-5-4-6-10-18)16(20)21-14(3)12-19-11-7-8-17-19/h7-8,11,13-15H,4-6,9-10,12H2,1-3H3/t14-,15+/m0/s1. The first-order valence-corrected chi connectivity index (χ1v) is 8.00. The van der Waals surface area contributed by atoms with Crippen molar-refractivity contribution < 1.29 is 9.53 Å². The number of aromatic nitrogens is 2. The Morgan fingerprint density at radius 3 is 2.52 bits per heavy atom. The summed E-state index contributed by atoms with van der Waals surface area (Å²) in [5.41, 5.74) is 0. The van der Waals surface area contributed by atoms with Gasteiger partial charge in [-0.2, -0.15) is 5.10 Å². The molecule has 118 valence electrons. The first-order chi connectivity index (χ1) is 10.1. The average Bonchev–Trinajstić information content (AvgIpc) is 2.92. The van der Waals surface area contributed by atoms with Gasteiger partial charge in [-0.15, -0.1) is 0 Å². The smallest absolute Gasteiger partial charge is 0.323 e. The summed E-state index contributed by atoms with van der Waals surface area (Å²) < 4.78 is 7.45. The third-order valence-electron chi connectivity index (χ3n) is 3.98. The maximum absolute atomic E-state index is 12.5. The second kappa shape index (κ2) is 7.59. The number of rotatable bonds is 6. The van der Waals surface area contributed by atoms with Gasteiger partial charge in [0.1, 0.15) is 12.1 Å². The lowest BCUT2D eigenvalue weighted by Crippen LogP contribution is -2.48. The van der Waals surface area contributed by atoms with Gasteiger partial charge in [-0.1, -0.05) is 20.3 Å². The molecule has 1 aromatic heterocycles. The minimum absolute atomic E-state index is 0.0912. The molecule has 5 nitrogen and oxygen atoms in total. The second-order valence-electron chi connectivity index (χ2n) is 6.26. The lowest BCUT2D eigenvalue weighted by Gasteiger charge is -2.35. The van der Waals surface area contributed by atoms with Crippen LogP contribution in [0.5, 0.6) is 0 Å². The van der Waals surface area contributed by atoms with Crippen molar-refractivity contribution >= 4 is 5.97 Å². The van der Waals surface area contributed by atoms with Crippen LogP contribution >= 0.6 is 0 Å². The molecular formula is C16H27N3O2. The minimum Gasteiger partial charge on any atom is -0.460 e. The average molecular weight is 293 g/mol. The van der Waals surface area contributed by atoms with Crippen LogP contribution in [0.2, 0.25) is 0 Å². The quantitative estimate of drug-likeness (QED) is 0.755. The van der Waals surface area contributed by atoms with E-state index in [-0.39, 0.29) is 24.0 Å². The van der Waals surface area contributed by atoms with Crippen molar-refractivity contribution in [1.29, 1.82) is 0 Å². The highest BCUT2D eigenvalue weighted by molar-refractivity contribution is 5.76. The molecule has 1 aromatic rings. The van der Waals surface area contributed by atoms with Crippen LogP contribution in [-0.2, 0) is 16.1 Å². The Kier molecular flexibility index (Phi) is 5.79. The molecular weight excluding hydrogens is 266 g/mol. The van der Waals surface area contributed by atoms with Crippen LogP contribution in [0.25, 0.3) is 0 Å². The molecule has 5 heteroatoms. The van der Waals surface area contributed by atoms with E-state index < -0.39 is 0 Å². The number of likely N-dealkylation sites (tertiary alicyclic amines) is 1. The third kappa shape index (κ3) is 4.56. The Morgan fingerprint density at radius 1 is 1.24 bits per heavy atom. The van der Waals surface area contributed by atoms with E-state index in [1.54, 1.807) is 10.9 Å². The van der Waals surface area contributed by atoms with E-state index in [4.69, 9.17) is 4.74 Å². The van der Waals surface area contributed by atoms with E-state index in [1.165, 1.54) is 19.3 Å². The molecule has 0 N–H and O–H groups in total. The van der Waals surface area contributed by atoms with Crippen LogP contribution in [0.3, 0.4) is 0 Å². The predicted molar refractivity (Wildman–Crippen MR) is 81.8 cm³/mol. The largest absolute Gasteiger partial charge is 0.460 e. The zero-order valence-corrected chi connectivity index (χ0v) is 13.4. The summed E-state index contributed by atoms with van der Waals surface area (Å²) >= 11 is 0. The Morgan fingerprint density at radius 2 is 1.95 bits per heavy atom. The van der Waals surface area contributed by atoms with E-state index in [0.29, 0.717) is 6.54 Å². The number of hydrogen-bond donors (Lipinski definition) is 0. The third-order valence-corrected chi connectivity index (χ3v) is 3.98. The SMILES string of the molecule is CC(C)[C@H](C(=O)O[C@@H](C)Cn1cccn1)N1CCCCC1. The summed E-state index contributed by atoms with van der Waals surface area (Å²) in [6.07, 6.45) is 7.09. The van der Waals surface area contributed by atoms with Gasteiger partial charge in [-0.05, 0) is 44.8 Å². The van der Waals surface area contributed by atoms with Crippen LogP contribution in [-0.4, -0.2) is 45.9 Å². The molecule has 0 amide bonds. The summed E-state index contributed by atoms with van der Waals surface area (Å²) in [5, 5.41) is 4.15.